The van der Waals surface area contributed by atoms with Crippen LogP contribution in [0, 0.1) is 6.92 Å². The quantitative estimate of drug-likeness (QED) is 0.770. The Morgan fingerprint density at radius 1 is 1.60 bits per heavy atom. The highest BCUT2D eigenvalue weighted by atomic mass is 16.4. The Kier molecular flexibility index (Phi) is 4.30. The topological polar surface area (TPSA) is 67.2 Å². The zero-order valence-electron chi connectivity index (χ0n) is 9.33. The first-order valence-electron chi connectivity index (χ1n) is 5.03. The molecule has 0 aliphatic carbocycles. The third-order valence-electron chi connectivity index (χ3n) is 1.77. The number of aromatic nitrogens is 1. The number of amides is 1. The van der Waals surface area contributed by atoms with E-state index in [0.717, 1.165) is 5.69 Å². The van der Waals surface area contributed by atoms with Gasteiger partial charge in [-0.05, 0) is 6.92 Å². The minimum Gasteiger partial charge on any atom is -0.432 e. The number of hydrogen-bond acceptors (Lipinski definition) is 4. The molecule has 1 aromatic heterocycles. The van der Waals surface area contributed by atoms with Gasteiger partial charge in [0.25, 0.3) is 0 Å². The molecule has 5 nitrogen and oxygen atoms in total. The summed E-state index contributed by atoms with van der Waals surface area (Å²) in [5.41, 5.74) is 0.755. The predicted molar refractivity (Wildman–Crippen MR) is 57.6 cm³/mol. The fraction of sp³-hybridized carbons (Fsp3) is 0.600. The summed E-state index contributed by atoms with van der Waals surface area (Å²) in [7, 11) is 0. The third kappa shape index (κ3) is 4.60. The second-order valence-electron chi connectivity index (χ2n) is 3.70. The highest BCUT2D eigenvalue weighted by Crippen LogP contribution is 2.05. The van der Waals surface area contributed by atoms with Crippen LogP contribution in [0.2, 0.25) is 0 Å². The van der Waals surface area contributed by atoms with E-state index in [1.165, 1.54) is 6.26 Å². The van der Waals surface area contributed by atoms with Crippen molar-refractivity contribution in [3.63, 3.8) is 0 Å². The summed E-state index contributed by atoms with van der Waals surface area (Å²) in [5.74, 6) is -0.0926. The van der Waals surface area contributed by atoms with Gasteiger partial charge >= 0.3 is 6.01 Å². The first kappa shape index (κ1) is 11.7. The SMILES string of the molecule is Cc1coc(NC(=O)CCNC(C)C)n1. The lowest BCUT2D eigenvalue weighted by Gasteiger charge is -2.06. The van der Waals surface area contributed by atoms with Crippen molar-refractivity contribution in [2.75, 3.05) is 11.9 Å². The van der Waals surface area contributed by atoms with Crippen molar-refractivity contribution in [2.45, 2.75) is 33.2 Å². The van der Waals surface area contributed by atoms with Gasteiger partial charge in [0, 0.05) is 19.0 Å². The Morgan fingerprint density at radius 3 is 2.87 bits per heavy atom. The minimum atomic E-state index is -0.0926. The third-order valence-corrected chi connectivity index (χ3v) is 1.77. The molecule has 0 saturated carbocycles. The molecular formula is C10H17N3O2. The lowest BCUT2D eigenvalue weighted by Crippen LogP contribution is -2.27. The van der Waals surface area contributed by atoms with Crippen molar-refractivity contribution in [1.82, 2.24) is 10.3 Å². The monoisotopic (exact) mass is 211 g/mol. The molecule has 0 bridgehead atoms. The molecule has 1 heterocycles. The lowest BCUT2D eigenvalue weighted by molar-refractivity contribution is -0.116. The Labute approximate surface area is 89.3 Å². The summed E-state index contributed by atoms with van der Waals surface area (Å²) in [4.78, 5) is 15.3. The molecule has 0 saturated heterocycles. The van der Waals surface area contributed by atoms with Crippen LogP contribution >= 0.6 is 0 Å². The van der Waals surface area contributed by atoms with Gasteiger partial charge in [0.2, 0.25) is 5.91 Å². The highest BCUT2D eigenvalue weighted by molar-refractivity contribution is 5.88. The fourth-order valence-electron chi connectivity index (χ4n) is 1.07. The standard InChI is InChI=1S/C10H17N3O2/c1-7(2)11-5-4-9(14)13-10-12-8(3)6-15-10/h6-7,11H,4-5H2,1-3H3,(H,12,13,14). The van der Waals surface area contributed by atoms with Crippen LogP contribution in [0.25, 0.3) is 0 Å². The van der Waals surface area contributed by atoms with Gasteiger partial charge in [-0.2, -0.15) is 4.98 Å². The van der Waals surface area contributed by atoms with E-state index in [-0.39, 0.29) is 11.9 Å². The molecule has 15 heavy (non-hydrogen) atoms. The van der Waals surface area contributed by atoms with E-state index in [4.69, 9.17) is 4.42 Å². The van der Waals surface area contributed by atoms with Gasteiger partial charge in [-0.25, -0.2) is 0 Å². The molecule has 1 rings (SSSR count). The Morgan fingerprint density at radius 2 is 2.33 bits per heavy atom. The smallest absolute Gasteiger partial charge is 0.301 e. The molecular weight excluding hydrogens is 194 g/mol. The maximum Gasteiger partial charge on any atom is 0.301 e. The zero-order chi connectivity index (χ0) is 11.3. The van der Waals surface area contributed by atoms with Crippen molar-refractivity contribution in [3.8, 4) is 0 Å². The number of hydrogen-bond donors (Lipinski definition) is 2. The Bertz CT molecular complexity index is 320. The van der Waals surface area contributed by atoms with Gasteiger partial charge in [-0.1, -0.05) is 13.8 Å². The molecule has 1 amide bonds. The molecule has 0 radical (unpaired) electrons. The highest BCUT2D eigenvalue weighted by Gasteiger charge is 2.06. The normalized spacial score (nSPS) is 10.7. The van der Waals surface area contributed by atoms with Gasteiger partial charge in [0.05, 0.1) is 5.69 Å². The van der Waals surface area contributed by atoms with E-state index in [0.29, 0.717) is 19.0 Å². The molecule has 0 aliphatic heterocycles. The molecule has 84 valence electrons. The Balaban J connectivity index is 2.24. The molecule has 2 N–H and O–H groups in total. The number of carbonyl (C=O) groups excluding carboxylic acids is 1. The number of carbonyl (C=O) groups is 1. The van der Waals surface area contributed by atoms with Crippen molar-refractivity contribution in [1.29, 1.82) is 0 Å². The van der Waals surface area contributed by atoms with Crippen LogP contribution in [0.4, 0.5) is 6.01 Å². The largest absolute Gasteiger partial charge is 0.432 e. The van der Waals surface area contributed by atoms with Crippen LogP contribution in [-0.2, 0) is 4.79 Å². The summed E-state index contributed by atoms with van der Waals surface area (Å²) < 4.78 is 5.00. The maximum atomic E-state index is 11.4. The zero-order valence-corrected chi connectivity index (χ0v) is 9.33. The van der Waals surface area contributed by atoms with Gasteiger partial charge in [0.1, 0.15) is 6.26 Å². The summed E-state index contributed by atoms with van der Waals surface area (Å²) in [5, 5.41) is 5.74. The van der Waals surface area contributed by atoms with E-state index in [9.17, 15) is 4.79 Å². The first-order chi connectivity index (χ1) is 7.08. The molecule has 5 heteroatoms. The van der Waals surface area contributed by atoms with Gasteiger partial charge in [-0.3, -0.25) is 10.1 Å². The van der Waals surface area contributed by atoms with Crippen LogP contribution < -0.4 is 10.6 Å². The van der Waals surface area contributed by atoms with Crippen LogP contribution in [0.5, 0.6) is 0 Å². The molecule has 0 unspecified atom stereocenters. The summed E-state index contributed by atoms with van der Waals surface area (Å²) in [6, 6.07) is 0.656. The number of aryl methyl sites for hydroxylation is 1. The van der Waals surface area contributed by atoms with Crippen LogP contribution in [0.15, 0.2) is 10.7 Å². The van der Waals surface area contributed by atoms with E-state index in [1.807, 2.05) is 13.8 Å². The van der Waals surface area contributed by atoms with Crippen LogP contribution in [0.1, 0.15) is 26.0 Å². The second kappa shape index (κ2) is 5.50. The molecule has 0 spiro atoms. The molecule has 1 aromatic rings. The summed E-state index contributed by atoms with van der Waals surface area (Å²) >= 11 is 0. The Hall–Kier alpha value is -1.36. The number of anilines is 1. The van der Waals surface area contributed by atoms with Crippen LogP contribution in [-0.4, -0.2) is 23.5 Å². The van der Waals surface area contributed by atoms with Crippen molar-refractivity contribution in [3.05, 3.63) is 12.0 Å². The van der Waals surface area contributed by atoms with E-state index in [2.05, 4.69) is 15.6 Å². The van der Waals surface area contributed by atoms with Crippen molar-refractivity contribution < 1.29 is 9.21 Å². The van der Waals surface area contributed by atoms with Crippen molar-refractivity contribution >= 4 is 11.9 Å². The average Bonchev–Trinajstić information content (AvgIpc) is 2.50. The predicted octanol–water partition coefficient (Wildman–Crippen LogP) is 1.31. The lowest BCUT2D eigenvalue weighted by atomic mass is 10.3. The van der Waals surface area contributed by atoms with Gasteiger partial charge in [0.15, 0.2) is 0 Å². The molecule has 0 fully saturated rings. The molecule has 0 atom stereocenters. The van der Waals surface area contributed by atoms with Gasteiger partial charge < -0.3 is 9.73 Å². The van der Waals surface area contributed by atoms with E-state index in [1.54, 1.807) is 6.92 Å². The van der Waals surface area contributed by atoms with E-state index < -0.39 is 0 Å². The van der Waals surface area contributed by atoms with Crippen molar-refractivity contribution in [2.24, 2.45) is 0 Å². The number of nitrogens with zero attached hydrogens (tertiary/aromatic N) is 1. The summed E-state index contributed by atoms with van der Waals surface area (Å²) in [6.07, 6.45) is 1.92. The fourth-order valence-corrected chi connectivity index (χ4v) is 1.07. The van der Waals surface area contributed by atoms with E-state index >= 15 is 0 Å². The summed E-state index contributed by atoms with van der Waals surface area (Å²) in [6.45, 7) is 6.54. The first-order valence-corrected chi connectivity index (χ1v) is 5.03. The molecule has 0 aromatic carbocycles. The van der Waals surface area contributed by atoms with Gasteiger partial charge in [-0.15, -0.1) is 0 Å². The number of oxazole rings is 1. The number of nitrogens with one attached hydrogen (secondary N) is 2. The van der Waals surface area contributed by atoms with Crippen LogP contribution in [0.3, 0.4) is 0 Å². The number of rotatable bonds is 5. The second-order valence-corrected chi connectivity index (χ2v) is 3.70. The maximum absolute atomic E-state index is 11.4. The average molecular weight is 211 g/mol. The molecule has 0 aliphatic rings. The minimum absolute atomic E-state index is 0.0926.